The van der Waals surface area contributed by atoms with Crippen LogP contribution in [0.3, 0.4) is 0 Å². The van der Waals surface area contributed by atoms with Crippen molar-refractivity contribution >= 4 is 75.0 Å². The van der Waals surface area contributed by atoms with Crippen molar-refractivity contribution in [1.29, 1.82) is 0 Å². The van der Waals surface area contributed by atoms with Crippen molar-refractivity contribution in [1.82, 2.24) is 35.6 Å². The van der Waals surface area contributed by atoms with Gasteiger partial charge in [-0.2, -0.15) is 9.36 Å². The molecule has 94 heavy (non-hydrogen) atoms. The molecule has 0 spiro atoms. The fourth-order valence-electron chi connectivity index (χ4n) is 6.72. The van der Waals surface area contributed by atoms with Crippen molar-refractivity contribution in [2.45, 2.75) is 7.43 Å². The number of carboxylic acids is 1. The summed E-state index contributed by atoms with van der Waals surface area (Å²) in [4.78, 5) is 58.5. The summed E-state index contributed by atoms with van der Waals surface area (Å²) in [6.07, 6.45) is 4.56. The molecule has 8 rings (SSSR count). The Morgan fingerprint density at radius 3 is 1.33 bits per heavy atom. The monoisotopic (exact) mass is 1640 g/mol. The average Bonchev–Trinajstić information content (AvgIpc) is 1.64. The first-order valence-electron chi connectivity index (χ1n) is 24.5. The number of nitrogens with one attached hydrogen (secondary N) is 2. The zero-order valence-corrected chi connectivity index (χ0v) is 63.2. The number of H-pyrrole nitrogens is 2. The van der Waals surface area contributed by atoms with E-state index in [1.165, 1.54) is 54.5 Å². The van der Waals surface area contributed by atoms with Crippen molar-refractivity contribution in [2.24, 2.45) is 21.1 Å². The van der Waals surface area contributed by atoms with Crippen LogP contribution in [-0.4, -0.2) is 145 Å². The third-order valence-electron chi connectivity index (χ3n) is 10.6. The number of rotatable bonds is 11. The molecular weight excluding hydrogens is 1580 g/mol. The minimum atomic E-state index is -1.04. The van der Waals surface area contributed by atoms with E-state index in [9.17, 15) is 24.0 Å². The molecule has 502 valence electrons. The van der Waals surface area contributed by atoms with Crippen LogP contribution in [0.2, 0.25) is 0 Å². The molecule has 0 aliphatic heterocycles. The van der Waals surface area contributed by atoms with Crippen LogP contribution in [-0.2, 0) is 86.5 Å². The quantitative estimate of drug-likeness (QED) is 0.0143. The number of aromatic amines is 2. The normalized spacial score (nSPS) is 8.47. The maximum absolute atomic E-state index is 11.7. The molecule has 5 aromatic carbocycles. The molecule has 0 unspecified atom stereocenters. The van der Waals surface area contributed by atoms with Gasteiger partial charge >= 0.3 is 109 Å². The molecule has 3 aromatic heterocycles. The summed E-state index contributed by atoms with van der Waals surface area (Å²) in [6.45, 7) is 0. The first-order chi connectivity index (χ1) is 42.9. The number of benzene rings is 5. The Morgan fingerprint density at radius 1 is 0.596 bits per heavy atom. The van der Waals surface area contributed by atoms with Crippen LogP contribution in [0, 0.1) is 27.8 Å². The first kappa shape index (κ1) is 97.6. The number of alkyl halides is 1. The van der Waals surface area contributed by atoms with Gasteiger partial charge in [0, 0.05) is 51.7 Å². The number of para-hydroxylation sites is 5. The van der Waals surface area contributed by atoms with Gasteiger partial charge in [0.15, 0.2) is 5.69 Å². The molecule has 0 bridgehead atoms. The van der Waals surface area contributed by atoms with Crippen LogP contribution >= 0.6 is 45.2 Å². The molecule has 1 radical (unpaired) electrons. The number of hydrogen-bond acceptors (Lipinski definition) is 20. The van der Waals surface area contributed by atoms with Gasteiger partial charge in [-0.1, -0.05) is 112 Å². The standard InChI is InChI=1S/2C12H13N3O3.C11H11N3O3.C11H10O3.C7H7IO.C4H4O2.CH3I.CH4.2Cu.N3.2Na.H2O.O/c1-15-11(10(13-14-15)12(16)18-3)8-6-4-5-7-9(8)17-2;1-15-11(12(16)18-3)10(13-14-15)8-6-4-5-7-9(8)17-2;1-14-10(11(15)16)9(12-13-14)7-5-3-4-6-8(7)17-2;1-13-10-6-4-3-5-9(10)7-8-11(12)14-2;1-9-7-5-3-2-4-6(7)8;1-3-4(5)6-2;1-2;;;;1-3-2;;;;/h2*4-7H,1-3H3;3-6H,1-2H3,(H,15,16);3-6H,1-2H3;2-5H,1H3;1H,2H3;1H3;1H4;;;;;;1H2;/q;;;;;;;;;;-1;2*+1;;/p+1. The van der Waals surface area contributed by atoms with Gasteiger partial charge in [-0.05, 0) is 88.2 Å². The average molecular weight is 1640 g/mol. The summed E-state index contributed by atoms with van der Waals surface area (Å²) >= 11 is 7.32. The Kier molecular flexibility index (Phi) is 59.3. The molecule has 3 heterocycles. The molecule has 0 fully saturated rings. The number of aromatic carboxylic acids is 1. The Hall–Kier alpha value is -7.44. The summed E-state index contributed by atoms with van der Waals surface area (Å²) in [5.74, 6) is 7.01. The molecule has 35 heteroatoms. The van der Waals surface area contributed by atoms with Crippen LogP contribution < -0.4 is 92.2 Å². The zero-order valence-electron chi connectivity index (χ0n) is 53.0. The third kappa shape index (κ3) is 32.1. The van der Waals surface area contributed by atoms with E-state index in [-0.39, 0.29) is 100 Å². The number of terminal acetylenes is 1. The van der Waals surface area contributed by atoms with E-state index < -0.39 is 29.8 Å². The predicted molar refractivity (Wildman–Crippen MR) is 344 cm³/mol. The van der Waals surface area contributed by atoms with E-state index in [4.69, 9.17) is 48.4 Å². The fraction of sp³-hybridized carbons (Fsp3) is 0.237. The van der Waals surface area contributed by atoms with Crippen molar-refractivity contribution in [3.05, 3.63) is 164 Å². The van der Waals surface area contributed by atoms with Gasteiger partial charge in [-0.25, -0.2) is 28.7 Å². The second-order valence-electron chi connectivity index (χ2n) is 15.5. The van der Waals surface area contributed by atoms with Crippen molar-refractivity contribution in [2.75, 3.05) is 68.9 Å². The Labute approximate surface area is 634 Å². The molecule has 0 aliphatic carbocycles. The number of ether oxygens (including phenoxy) is 9. The molecule has 0 amide bonds. The maximum atomic E-state index is 11.7. The first-order valence-corrected chi connectivity index (χ1v) is 28.1. The molecule has 0 saturated carbocycles. The number of carbonyl (C=O) groups excluding carboxylic acids is 4. The van der Waals surface area contributed by atoms with Gasteiger partial charge in [0.2, 0.25) is 0 Å². The SMILES string of the molecule is C.C#CC(=O)OC.CI.COC(=O)C#Cc1ccccc1OC.COC(=O)c1c(-c2ccccc2OC)n[nH][n+]1C.COC(=O)c1nnn(C)c1-c1ccccc1OC.COc1ccccc1-c1n[nH][n+](C)c1C(=O)O.COc1ccccc1I.[Cu].[N-]=[N+]=[N-].[Na+].[Na+].[OH-].[O]=[Cu]. The second-order valence-corrected chi connectivity index (χ2v) is 16.7. The molecule has 0 saturated heterocycles. The van der Waals surface area contributed by atoms with Gasteiger partial charge in [0.05, 0.1) is 84.2 Å². The molecule has 8 aromatic rings. The van der Waals surface area contributed by atoms with Gasteiger partial charge in [-0.3, -0.25) is 4.91 Å². The van der Waals surface area contributed by atoms with E-state index in [2.05, 4.69) is 125 Å². The molecule has 0 aliphatic rings. The Bertz CT molecular complexity index is 3690. The number of esters is 4. The van der Waals surface area contributed by atoms with Gasteiger partial charge in [0.25, 0.3) is 22.8 Å². The number of methoxy groups -OCH3 is 9. The summed E-state index contributed by atoms with van der Waals surface area (Å²) < 4.78 is 57.0. The zero-order chi connectivity index (χ0) is 67.4. The molecule has 4 N–H and O–H groups in total. The van der Waals surface area contributed by atoms with Crippen LogP contribution in [0.1, 0.15) is 44.5 Å². The van der Waals surface area contributed by atoms with Crippen molar-refractivity contribution < 1.29 is 183 Å². The number of aryl methyl sites for hydroxylation is 3. The summed E-state index contributed by atoms with van der Waals surface area (Å²) in [5.41, 5.74) is 18.3. The summed E-state index contributed by atoms with van der Waals surface area (Å²) in [7, 11) is 18.1. The van der Waals surface area contributed by atoms with Crippen LogP contribution in [0.4, 0.5) is 0 Å². The van der Waals surface area contributed by atoms with E-state index in [1.54, 1.807) is 85.8 Å². The van der Waals surface area contributed by atoms with E-state index in [0.29, 0.717) is 56.9 Å². The summed E-state index contributed by atoms with van der Waals surface area (Å²) in [6, 6.07) is 37.0. The van der Waals surface area contributed by atoms with E-state index in [1.807, 2.05) is 95.9 Å². The second kappa shape index (κ2) is 57.0. The van der Waals surface area contributed by atoms with Gasteiger partial charge < -0.3 is 64.3 Å². The number of hydrogen-bond donors (Lipinski definition) is 3. The topological polar surface area (TPSA) is 390 Å². The van der Waals surface area contributed by atoms with E-state index >= 15 is 0 Å². The third-order valence-corrected chi connectivity index (χ3v) is 11.5. The minimum absolute atomic E-state index is 0. The number of aromatic nitrogens is 9. The molecule has 29 nitrogen and oxygen atoms in total. The number of nitrogens with zero attached hydrogens (tertiary/aromatic N) is 10. The number of halogens is 2. The number of carboxylic acid groups (broad SMARTS) is 1. The number of carbonyl (C=O) groups is 5. The van der Waals surface area contributed by atoms with Crippen LogP contribution in [0.15, 0.2) is 121 Å². The summed E-state index contributed by atoms with van der Waals surface area (Å²) in [5, 5.41) is 30.2. The Morgan fingerprint density at radius 2 is 0.957 bits per heavy atom. The van der Waals surface area contributed by atoms with Crippen molar-refractivity contribution in [3.8, 4) is 86.7 Å². The predicted octanol–water partition coefficient (Wildman–Crippen LogP) is 2.15. The van der Waals surface area contributed by atoms with Gasteiger partial charge in [0.1, 0.15) is 48.5 Å². The van der Waals surface area contributed by atoms with E-state index in [0.717, 1.165) is 20.4 Å². The molecular formula is C59H68Cu2I2N12Na2O17+2. The van der Waals surface area contributed by atoms with Gasteiger partial charge in [-0.15, -0.1) is 11.5 Å². The van der Waals surface area contributed by atoms with Crippen LogP contribution in [0.25, 0.3) is 49.7 Å². The molecule has 0 atom stereocenters. The van der Waals surface area contributed by atoms with Crippen molar-refractivity contribution in [3.63, 3.8) is 0 Å². The van der Waals surface area contributed by atoms with Crippen LogP contribution in [0.5, 0.6) is 28.7 Å². The Balaban J connectivity index is -0.000000245. The fourth-order valence-corrected chi connectivity index (χ4v) is 7.33.